The Morgan fingerprint density at radius 2 is 2.38 bits per heavy atom. The van der Waals surface area contributed by atoms with Crippen LogP contribution in [0.5, 0.6) is 0 Å². The Kier molecular flexibility index (Phi) is 2.47. The highest BCUT2D eigenvalue weighted by Gasteiger charge is 1.94. The van der Waals surface area contributed by atoms with Gasteiger partial charge in [0, 0.05) is 22.7 Å². The van der Waals surface area contributed by atoms with Crippen LogP contribution in [0.4, 0.5) is 5.13 Å². The number of aryl methyl sites for hydroxylation is 1. The van der Waals surface area contributed by atoms with Crippen LogP contribution >= 0.6 is 22.7 Å². The van der Waals surface area contributed by atoms with E-state index in [2.05, 4.69) is 15.0 Å². The van der Waals surface area contributed by atoms with Crippen LogP contribution in [0, 0.1) is 6.92 Å². The van der Waals surface area contributed by atoms with E-state index in [0.29, 0.717) is 0 Å². The fraction of sp³-hybridized carbons (Fsp3) is 0.125. The first-order chi connectivity index (χ1) is 6.34. The van der Waals surface area contributed by atoms with Gasteiger partial charge in [-0.05, 0) is 6.92 Å². The summed E-state index contributed by atoms with van der Waals surface area (Å²) >= 11 is 3.10. The molecule has 0 amide bonds. The summed E-state index contributed by atoms with van der Waals surface area (Å²) in [6.07, 6.45) is 3.49. The minimum atomic E-state index is 0.771. The zero-order valence-corrected chi connectivity index (χ0v) is 8.60. The van der Waals surface area contributed by atoms with Crippen molar-refractivity contribution >= 4 is 34.0 Å². The van der Waals surface area contributed by atoms with Gasteiger partial charge in [-0.25, -0.2) is 15.0 Å². The molecule has 0 spiro atoms. The Morgan fingerprint density at radius 1 is 1.46 bits per heavy atom. The number of hydrogen-bond donors (Lipinski definition) is 0. The van der Waals surface area contributed by atoms with E-state index in [1.807, 2.05) is 17.7 Å². The van der Waals surface area contributed by atoms with Crippen LogP contribution in [0.15, 0.2) is 21.9 Å². The van der Waals surface area contributed by atoms with Crippen LogP contribution in [-0.2, 0) is 0 Å². The fourth-order valence-corrected chi connectivity index (χ4v) is 1.95. The molecule has 5 heteroatoms. The molecule has 0 radical (unpaired) electrons. The molecule has 2 aromatic rings. The van der Waals surface area contributed by atoms with Crippen molar-refractivity contribution in [2.75, 3.05) is 0 Å². The standard InChI is InChI=1S/C8H7N3S2/c1-6-5-13-7(11-6)4-10-8-9-2-3-12-8/h2-5H,1H3/b10-4+. The van der Waals surface area contributed by atoms with Gasteiger partial charge in [0.25, 0.3) is 0 Å². The maximum absolute atomic E-state index is 4.26. The summed E-state index contributed by atoms with van der Waals surface area (Å²) in [6, 6.07) is 0. The Balaban J connectivity index is 2.14. The third-order valence-electron chi connectivity index (χ3n) is 1.34. The van der Waals surface area contributed by atoms with E-state index in [9.17, 15) is 0 Å². The van der Waals surface area contributed by atoms with E-state index >= 15 is 0 Å². The Hall–Kier alpha value is -1.07. The zero-order chi connectivity index (χ0) is 9.10. The molecule has 2 aromatic heterocycles. The second kappa shape index (κ2) is 3.76. The molecule has 0 N–H and O–H groups in total. The number of aliphatic imine (C=N–C) groups is 1. The monoisotopic (exact) mass is 209 g/mol. The van der Waals surface area contributed by atoms with E-state index in [0.717, 1.165) is 15.8 Å². The number of nitrogens with zero attached hydrogens (tertiary/aromatic N) is 3. The van der Waals surface area contributed by atoms with Crippen LogP contribution in [0.3, 0.4) is 0 Å². The maximum Gasteiger partial charge on any atom is 0.209 e. The molecule has 2 rings (SSSR count). The van der Waals surface area contributed by atoms with Crippen molar-refractivity contribution in [1.29, 1.82) is 0 Å². The smallest absolute Gasteiger partial charge is 0.209 e. The lowest BCUT2D eigenvalue weighted by molar-refractivity contribution is 1.25. The lowest BCUT2D eigenvalue weighted by Crippen LogP contribution is -1.77. The van der Waals surface area contributed by atoms with Crippen molar-refractivity contribution in [3.63, 3.8) is 0 Å². The number of aromatic nitrogens is 2. The second-order valence-electron chi connectivity index (χ2n) is 2.40. The van der Waals surface area contributed by atoms with Crippen molar-refractivity contribution < 1.29 is 0 Å². The van der Waals surface area contributed by atoms with E-state index in [1.165, 1.54) is 11.3 Å². The fourth-order valence-electron chi connectivity index (χ4n) is 0.822. The Bertz CT molecular complexity index is 403. The molecular weight excluding hydrogens is 202 g/mol. The molecule has 66 valence electrons. The third kappa shape index (κ3) is 2.19. The number of rotatable bonds is 2. The van der Waals surface area contributed by atoms with Gasteiger partial charge in [-0.15, -0.1) is 22.7 Å². The minimum absolute atomic E-state index is 0.771. The molecule has 13 heavy (non-hydrogen) atoms. The highest BCUT2D eigenvalue weighted by molar-refractivity contribution is 7.13. The lowest BCUT2D eigenvalue weighted by Gasteiger charge is -1.81. The van der Waals surface area contributed by atoms with Crippen molar-refractivity contribution in [3.8, 4) is 0 Å². The van der Waals surface area contributed by atoms with Crippen LogP contribution in [-0.4, -0.2) is 16.2 Å². The summed E-state index contributed by atoms with van der Waals surface area (Å²) in [5.41, 5.74) is 1.03. The minimum Gasteiger partial charge on any atom is -0.240 e. The highest BCUT2D eigenvalue weighted by atomic mass is 32.1. The molecule has 0 unspecified atom stereocenters. The van der Waals surface area contributed by atoms with Gasteiger partial charge < -0.3 is 0 Å². The predicted octanol–water partition coefficient (Wildman–Crippen LogP) is 2.66. The largest absolute Gasteiger partial charge is 0.240 e. The summed E-state index contributed by atoms with van der Waals surface area (Å²) in [5, 5.41) is 5.60. The number of thiazole rings is 2. The van der Waals surface area contributed by atoms with Gasteiger partial charge in [0.2, 0.25) is 5.13 Å². The Labute approximate surface area is 83.8 Å². The second-order valence-corrected chi connectivity index (χ2v) is 4.16. The van der Waals surface area contributed by atoms with Gasteiger partial charge in [-0.2, -0.15) is 0 Å². The lowest BCUT2D eigenvalue weighted by atomic mass is 10.6. The molecule has 0 saturated carbocycles. The molecule has 3 nitrogen and oxygen atoms in total. The molecule has 0 aromatic carbocycles. The van der Waals surface area contributed by atoms with E-state index < -0.39 is 0 Å². The summed E-state index contributed by atoms with van der Waals surface area (Å²) in [5.74, 6) is 0. The molecule has 0 saturated heterocycles. The van der Waals surface area contributed by atoms with Gasteiger partial charge >= 0.3 is 0 Å². The van der Waals surface area contributed by atoms with E-state index in [1.54, 1.807) is 23.7 Å². The topological polar surface area (TPSA) is 38.1 Å². The average molecular weight is 209 g/mol. The summed E-state index contributed by atoms with van der Waals surface area (Å²) in [4.78, 5) is 12.5. The number of hydrogen-bond acceptors (Lipinski definition) is 5. The van der Waals surface area contributed by atoms with Crippen molar-refractivity contribution in [3.05, 3.63) is 27.7 Å². The van der Waals surface area contributed by atoms with Gasteiger partial charge in [-0.1, -0.05) is 0 Å². The average Bonchev–Trinajstić information content (AvgIpc) is 2.71. The van der Waals surface area contributed by atoms with Gasteiger partial charge in [0.15, 0.2) is 0 Å². The summed E-state index contributed by atoms with van der Waals surface area (Å²) in [7, 11) is 0. The molecule has 0 fully saturated rings. The quantitative estimate of drug-likeness (QED) is 0.713. The first-order valence-corrected chi connectivity index (χ1v) is 5.46. The SMILES string of the molecule is Cc1csc(/C=N/c2nccs2)n1. The van der Waals surface area contributed by atoms with Crippen LogP contribution in [0.25, 0.3) is 0 Å². The first kappa shape index (κ1) is 8.52. The van der Waals surface area contributed by atoms with Gasteiger partial charge in [-0.3, -0.25) is 0 Å². The summed E-state index contributed by atoms with van der Waals surface area (Å²) < 4.78 is 0. The first-order valence-electron chi connectivity index (χ1n) is 3.70. The molecule has 0 bridgehead atoms. The highest BCUT2D eigenvalue weighted by Crippen LogP contribution is 2.15. The van der Waals surface area contributed by atoms with Gasteiger partial charge in [0.1, 0.15) is 5.01 Å². The van der Waals surface area contributed by atoms with Crippen LogP contribution in [0.1, 0.15) is 10.7 Å². The zero-order valence-electron chi connectivity index (χ0n) is 6.97. The predicted molar refractivity (Wildman–Crippen MR) is 56.2 cm³/mol. The molecule has 2 heterocycles. The molecular formula is C8H7N3S2. The van der Waals surface area contributed by atoms with Crippen molar-refractivity contribution in [2.24, 2.45) is 4.99 Å². The Morgan fingerprint density at radius 3 is 3.00 bits per heavy atom. The normalized spacial score (nSPS) is 11.2. The van der Waals surface area contributed by atoms with Crippen molar-refractivity contribution in [2.45, 2.75) is 6.92 Å². The molecule has 0 atom stereocenters. The van der Waals surface area contributed by atoms with E-state index in [-0.39, 0.29) is 0 Å². The molecule has 0 aliphatic rings. The third-order valence-corrected chi connectivity index (χ3v) is 2.92. The summed E-state index contributed by atoms with van der Waals surface area (Å²) in [6.45, 7) is 1.97. The van der Waals surface area contributed by atoms with Crippen LogP contribution < -0.4 is 0 Å². The maximum atomic E-state index is 4.26. The molecule has 0 aliphatic carbocycles. The molecule has 0 aliphatic heterocycles. The van der Waals surface area contributed by atoms with Gasteiger partial charge in [0.05, 0.1) is 6.21 Å². The van der Waals surface area contributed by atoms with Crippen LogP contribution in [0.2, 0.25) is 0 Å². The van der Waals surface area contributed by atoms with Crippen molar-refractivity contribution in [1.82, 2.24) is 9.97 Å². The van der Waals surface area contributed by atoms with E-state index in [4.69, 9.17) is 0 Å².